The highest BCUT2D eigenvalue weighted by Crippen LogP contribution is 2.72. The summed E-state index contributed by atoms with van der Waals surface area (Å²) in [5, 5.41) is 63.2. The normalized spacial score (nSPS) is 44.7. The van der Waals surface area contributed by atoms with Crippen molar-refractivity contribution in [3.63, 3.8) is 0 Å². The third-order valence-corrected chi connectivity index (χ3v) is 32.4. The predicted octanol–water partition coefficient (Wildman–Crippen LogP) is 22.9. The third kappa shape index (κ3) is 19.2. The average Bonchev–Trinajstić information content (AvgIpc) is 1.59. The second kappa shape index (κ2) is 33.2. The Morgan fingerprint density at radius 2 is 0.726 bits per heavy atom. The van der Waals surface area contributed by atoms with Crippen molar-refractivity contribution in [1.82, 2.24) is 0 Å². The molecular weight excluding hydrogens is 1170 g/mol. The topological polar surface area (TPSA) is 142 Å². The lowest BCUT2D eigenvalue weighted by Crippen LogP contribution is -2.57. The van der Waals surface area contributed by atoms with Gasteiger partial charge in [-0.3, -0.25) is 0 Å². The molecule has 0 aromatic rings. The third-order valence-electron chi connectivity index (χ3n) is 32.4. The first-order valence-electron chi connectivity index (χ1n) is 42.0. The molecule has 17 fully saturated rings. The predicted molar refractivity (Wildman–Crippen MR) is 402 cm³/mol. The Morgan fingerprint density at radius 1 is 0.358 bits per heavy atom. The zero-order chi connectivity index (χ0) is 70.2. The molecule has 558 valence electrons. The van der Waals surface area contributed by atoms with Crippen molar-refractivity contribution in [1.29, 1.82) is 0 Å². The Morgan fingerprint density at radius 3 is 1.02 bits per heavy atom. The van der Waals surface area contributed by atoms with Crippen molar-refractivity contribution >= 4 is 0 Å². The van der Waals surface area contributed by atoms with Crippen LogP contribution in [-0.4, -0.2) is 78.5 Å². The molecule has 0 aliphatic heterocycles. The van der Waals surface area contributed by atoms with Gasteiger partial charge >= 0.3 is 0 Å². The zero-order valence-electron chi connectivity index (χ0n) is 66.3. The van der Waals surface area contributed by atoms with Crippen LogP contribution in [0.2, 0.25) is 0 Å². The van der Waals surface area contributed by atoms with Gasteiger partial charge in [-0.25, -0.2) is 0 Å². The summed E-state index contributed by atoms with van der Waals surface area (Å²) in [6.07, 6.45) is 62.0. The van der Waals surface area contributed by atoms with Crippen LogP contribution >= 0.6 is 0 Å². The van der Waals surface area contributed by atoms with Crippen LogP contribution in [0, 0.1) is 108 Å². The van der Waals surface area contributed by atoms with Crippen LogP contribution in [0.1, 0.15) is 406 Å². The quantitative estimate of drug-likeness (QED) is 0.130. The van der Waals surface area contributed by atoms with Gasteiger partial charge < -0.3 is 35.7 Å². The maximum Gasteiger partial charge on any atom is 0.0701 e. The summed E-state index contributed by atoms with van der Waals surface area (Å²) in [6.45, 7) is 36.9. The Kier molecular flexibility index (Phi) is 28.7. The molecule has 0 amide bonds. The lowest BCUT2D eigenvalue weighted by atomic mass is 9.46. The monoisotopic (exact) mass is 1330 g/mol. The largest absolute Gasteiger partial charge is 0.400 e. The first-order chi connectivity index (χ1) is 44.4. The average molecular weight is 1330 g/mol. The molecule has 17 aliphatic rings. The standard InChI is InChI=1S/C14H26O.C14H22.C11H20O.C10H18O.2C9H16.C8H14O.C8H16.2C2H6O.CH4O/c1-12(2,15)14-10-6-4-8-13(14,3)9-5-7-11-14;1-14(2)7-10-6-11(14)13-9-4-3-8(5-9)12(10)13;1-10-6-2-4-8-11(10,12)9-5-3-7-10;1-9-5-2-3-7-10(9,11)8-4-6-9;2*1-9(2)6-7-3-4-8(9)5-7;1-7-2-4-8(9,6-7)5-3-7;1-8(2)6-4-3-5-7-8;2*1-2-3;1-2/h15H,4-11H2,1-3H3;8-13H,3-7H2,1-2H3;12H,2-9H2,1H3;11H,2-8H2,1H3;2*7-8H,3-6H2,1-2H3;9H,2-6H2,1H3;3-7H2,1-2H3;2*3H,2H2,1H3;2H,1H3. The van der Waals surface area contributed by atoms with Crippen molar-refractivity contribution in [2.75, 3.05) is 20.3 Å². The van der Waals surface area contributed by atoms with E-state index in [0.717, 1.165) is 87.6 Å². The molecule has 10 bridgehead atoms. The van der Waals surface area contributed by atoms with Crippen LogP contribution < -0.4 is 0 Å². The van der Waals surface area contributed by atoms with Gasteiger partial charge in [0.15, 0.2) is 0 Å². The van der Waals surface area contributed by atoms with E-state index in [0.29, 0.717) is 32.5 Å². The lowest BCUT2D eigenvalue weighted by molar-refractivity contribution is -0.173. The number of fused-ring (bicyclic) bond motifs is 18. The van der Waals surface area contributed by atoms with Gasteiger partial charge in [0.25, 0.3) is 0 Å². The van der Waals surface area contributed by atoms with Gasteiger partial charge in [0, 0.05) is 25.7 Å². The van der Waals surface area contributed by atoms with E-state index in [4.69, 9.17) is 15.3 Å². The van der Waals surface area contributed by atoms with Gasteiger partial charge in [0.05, 0.1) is 22.4 Å². The van der Waals surface area contributed by atoms with Crippen molar-refractivity contribution in [2.45, 2.75) is 429 Å². The Hall–Kier alpha value is -0.280. The van der Waals surface area contributed by atoms with E-state index in [2.05, 4.69) is 83.1 Å². The highest BCUT2D eigenvalue weighted by molar-refractivity contribution is 5.14. The Labute approximate surface area is 589 Å². The van der Waals surface area contributed by atoms with E-state index in [-0.39, 0.29) is 46.3 Å². The van der Waals surface area contributed by atoms with Gasteiger partial charge in [-0.05, 0) is 329 Å². The number of rotatable bonds is 1. The molecule has 0 aromatic heterocycles. The molecule has 12 unspecified atom stereocenters. The molecule has 12 atom stereocenters. The van der Waals surface area contributed by atoms with E-state index in [1.54, 1.807) is 58.8 Å². The number of aliphatic hydroxyl groups excluding tert-OH is 3. The van der Waals surface area contributed by atoms with Gasteiger partial charge in [-0.15, -0.1) is 0 Å². The fourth-order valence-electron chi connectivity index (χ4n) is 26.7. The van der Waals surface area contributed by atoms with Gasteiger partial charge in [-0.2, -0.15) is 0 Å². The number of hydrogen-bond acceptors (Lipinski definition) is 7. The van der Waals surface area contributed by atoms with Crippen LogP contribution in [-0.2, 0) is 0 Å². The molecular formula is C88H164O7. The van der Waals surface area contributed by atoms with Crippen molar-refractivity contribution in [3.8, 4) is 0 Å². The fraction of sp³-hybridized carbons (Fsp3) is 1.00. The Bertz CT molecular complexity index is 2140. The molecule has 17 saturated carbocycles. The molecule has 7 N–H and O–H groups in total. The summed E-state index contributed by atoms with van der Waals surface area (Å²) in [5.41, 5.74) is 3.20. The first-order valence-corrected chi connectivity index (χ1v) is 42.0. The minimum absolute atomic E-state index is 0.205. The maximum atomic E-state index is 10.6. The molecule has 7 heteroatoms. The summed E-state index contributed by atoms with van der Waals surface area (Å²) in [5.74, 6) is 11.4. The number of aliphatic hydroxyl groups is 7. The second-order valence-corrected chi connectivity index (χ2v) is 41.3. The zero-order valence-corrected chi connectivity index (χ0v) is 66.3. The van der Waals surface area contributed by atoms with Crippen LogP contribution in [0.25, 0.3) is 0 Å². The Balaban J connectivity index is 0.000000152. The fourth-order valence-corrected chi connectivity index (χ4v) is 26.7. The minimum atomic E-state index is -0.497. The molecule has 7 nitrogen and oxygen atoms in total. The highest BCUT2D eigenvalue weighted by Gasteiger charge is 2.64. The van der Waals surface area contributed by atoms with E-state index < -0.39 is 5.60 Å². The molecule has 0 heterocycles. The SMILES string of the molecule is CC(C)(O)C12CCCCC1(C)CCCC2.CC1(C)CC2CC1C1C3CCC(C3)C21.CC1(C)CC2CCC1C2.CC1(C)CC2CCC1C2.CC1(C)CCCCC1.CC12CCC(O)(CC1)C2.CC12CCCCC1(O)CCC2.CC12CCCCC1(O)CCCC2.CCO.CCO.CO. The summed E-state index contributed by atoms with van der Waals surface area (Å²) < 4.78 is 0. The van der Waals surface area contributed by atoms with Crippen LogP contribution in [0.3, 0.4) is 0 Å². The van der Waals surface area contributed by atoms with Gasteiger partial charge in [0.1, 0.15) is 0 Å². The first kappa shape index (κ1) is 82.0. The summed E-state index contributed by atoms with van der Waals surface area (Å²) in [4.78, 5) is 0. The van der Waals surface area contributed by atoms with Crippen LogP contribution in [0.4, 0.5) is 0 Å². The van der Waals surface area contributed by atoms with E-state index in [1.807, 2.05) is 13.8 Å². The molecule has 17 rings (SSSR count). The van der Waals surface area contributed by atoms with Crippen molar-refractivity contribution in [2.24, 2.45) is 108 Å². The van der Waals surface area contributed by atoms with Gasteiger partial charge in [0.2, 0.25) is 0 Å². The smallest absolute Gasteiger partial charge is 0.0701 e. The molecule has 17 aliphatic carbocycles. The van der Waals surface area contributed by atoms with Crippen molar-refractivity contribution in [3.05, 3.63) is 0 Å². The van der Waals surface area contributed by atoms with E-state index in [9.17, 15) is 20.4 Å². The summed E-state index contributed by atoms with van der Waals surface area (Å²) in [7, 11) is 1.00. The van der Waals surface area contributed by atoms with E-state index in [1.165, 1.54) is 229 Å². The molecule has 0 aromatic carbocycles. The van der Waals surface area contributed by atoms with E-state index >= 15 is 0 Å². The molecule has 0 spiro atoms. The minimum Gasteiger partial charge on any atom is -0.400 e. The molecule has 0 saturated heterocycles. The van der Waals surface area contributed by atoms with Crippen LogP contribution in [0.5, 0.6) is 0 Å². The summed E-state index contributed by atoms with van der Waals surface area (Å²) >= 11 is 0. The van der Waals surface area contributed by atoms with Gasteiger partial charge in [-0.1, -0.05) is 179 Å². The summed E-state index contributed by atoms with van der Waals surface area (Å²) in [6, 6.07) is 0. The van der Waals surface area contributed by atoms with Crippen molar-refractivity contribution < 1.29 is 35.7 Å². The molecule has 0 radical (unpaired) electrons. The maximum absolute atomic E-state index is 10.6. The lowest BCUT2D eigenvalue weighted by Gasteiger charge is -2.60. The van der Waals surface area contributed by atoms with Crippen LogP contribution in [0.15, 0.2) is 0 Å². The number of hydrogen-bond donors (Lipinski definition) is 7. The molecule has 95 heavy (non-hydrogen) atoms. The second-order valence-electron chi connectivity index (χ2n) is 41.3. The highest BCUT2D eigenvalue weighted by atomic mass is 16.3.